The number of benzene rings is 1. The summed E-state index contributed by atoms with van der Waals surface area (Å²) in [5.74, 6) is 0.358. The highest BCUT2D eigenvalue weighted by molar-refractivity contribution is 7.96. The van der Waals surface area contributed by atoms with Crippen LogP contribution in [0.2, 0.25) is 0 Å². The first-order valence-corrected chi connectivity index (χ1v) is 13.9. The number of allylic oxidation sites excluding steroid dienone is 4. The number of aliphatic hydroxyl groups is 1. The standard InChI is InChI=1S/C25H31F3N2O4S2/c1-24(31,25(26,27)28)19-6-8-20(9-7-19)30-13-12-29(17-21(30)16-18-10-14-34-15-11-18)36(32,33)23-5-3-2-4-22(23)35/h2-3,5-9,18,21,31H,4,10-17H2,1H3/t21-,24-/m1/s1. The van der Waals surface area contributed by atoms with Gasteiger partial charge in [-0.1, -0.05) is 36.5 Å². The molecule has 1 aromatic rings. The Balaban J connectivity index is 1.59. The molecule has 1 aliphatic carbocycles. The van der Waals surface area contributed by atoms with Crippen molar-refractivity contribution in [1.29, 1.82) is 0 Å². The number of rotatable bonds is 6. The molecule has 0 aromatic heterocycles. The molecule has 1 N–H and O–H groups in total. The number of ether oxygens (including phenoxy) is 1. The topological polar surface area (TPSA) is 70.1 Å². The summed E-state index contributed by atoms with van der Waals surface area (Å²) in [5.41, 5.74) is -2.51. The van der Waals surface area contributed by atoms with E-state index in [1.807, 2.05) is 6.08 Å². The van der Waals surface area contributed by atoms with E-state index in [9.17, 15) is 26.7 Å². The van der Waals surface area contributed by atoms with Crippen molar-refractivity contribution >= 4 is 32.8 Å². The maximum Gasteiger partial charge on any atom is 0.421 e. The van der Waals surface area contributed by atoms with Gasteiger partial charge in [-0.25, -0.2) is 8.42 Å². The van der Waals surface area contributed by atoms with Gasteiger partial charge in [0.2, 0.25) is 10.0 Å². The summed E-state index contributed by atoms with van der Waals surface area (Å²) in [4.78, 5) is 2.63. The predicted octanol–water partition coefficient (Wildman–Crippen LogP) is 4.31. The molecular weight excluding hydrogens is 513 g/mol. The highest BCUT2D eigenvalue weighted by Crippen LogP contribution is 2.39. The first-order chi connectivity index (χ1) is 16.9. The molecular formula is C25H31F3N2O4S2. The van der Waals surface area contributed by atoms with Gasteiger partial charge in [-0.15, -0.1) is 0 Å². The fourth-order valence-electron chi connectivity index (χ4n) is 4.99. The van der Waals surface area contributed by atoms with E-state index in [0.29, 0.717) is 42.6 Å². The summed E-state index contributed by atoms with van der Waals surface area (Å²) in [6.45, 7) is 2.93. The van der Waals surface area contributed by atoms with Crippen molar-refractivity contribution in [1.82, 2.24) is 4.31 Å². The van der Waals surface area contributed by atoms with Gasteiger partial charge in [0.15, 0.2) is 5.60 Å². The lowest BCUT2D eigenvalue weighted by Crippen LogP contribution is -2.56. The van der Waals surface area contributed by atoms with Crippen molar-refractivity contribution in [3.05, 3.63) is 53.0 Å². The number of piperazine rings is 1. The number of anilines is 1. The third-order valence-corrected chi connectivity index (χ3v) is 9.75. The molecule has 2 heterocycles. The summed E-state index contributed by atoms with van der Waals surface area (Å²) in [6, 6.07) is 5.55. The fraction of sp³-hybridized carbons (Fsp3) is 0.560. The second kappa shape index (κ2) is 10.5. The first-order valence-electron chi connectivity index (χ1n) is 12.1. The minimum atomic E-state index is -4.80. The highest BCUT2D eigenvalue weighted by Gasteiger charge is 2.51. The minimum absolute atomic E-state index is 0.164. The van der Waals surface area contributed by atoms with Crippen molar-refractivity contribution in [3.63, 3.8) is 0 Å². The molecule has 2 aliphatic heterocycles. The molecule has 0 amide bonds. The molecule has 1 aromatic carbocycles. The Kier molecular flexibility index (Phi) is 7.97. The largest absolute Gasteiger partial charge is 0.421 e. The summed E-state index contributed by atoms with van der Waals surface area (Å²) in [6.07, 6.45) is 3.19. The van der Waals surface area contributed by atoms with Crippen LogP contribution in [0.4, 0.5) is 18.9 Å². The van der Waals surface area contributed by atoms with Gasteiger partial charge in [0.05, 0.1) is 4.91 Å². The van der Waals surface area contributed by atoms with E-state index in [-0.39, 0.29) is 29.6 Å². The lowest BCUT2D eigenvalue weighted by molar-refractivity contribution is -0.258. The molecule has 0 unspecified atom stereocenters. The lowest BCUT2D eigenvalue weighted by Gasteiger charge is -2.44. The monoisotopic (exact) mass is 544 g/mol. The van der Waals surface area contributed by atoms with Crippen LogP contribution in [-0.2, 0) is 20.4 Å². The molecule has 0 radical (unpaired) electrons. The first kappa shape index (κ1) is 27.3. The van der Waals surface area contributed by atoms with Crippen LogP contribution >= 0.6 is 12.2 Å². The van der Waals surface area contributed by atoms with Crippen LogP contribution in [-0.4, -0.2) is 67.8 Å². The Morgan fingerprint density at radius 3 is 2.42 bits per heavy atom. The Hall–Kier alpha value is -1.79. The van der Waals surface area contributed by atoms with E-state index in [2.05, 4.69) is 4.90 Å². The molecule has 2 saturated heterocycles. The molecule has 0 spiro atoms. The van der Waals surface area contributed by atoms with E-state index in [0.717, 1.165) is 26.2 Å². The molecule has 3 aliphatic rings. The van der Waals surface area contributed by atoms with Crippen LogP contribution in [0.15, 0.2) is 47.4 Å². The minimum Gasteiger partial charge on any atom is -0.381 e. The molecule has 36 heavy (non-hydrogen) atoms. The summed E-state index contributed by atoms with van der Waals surface area (Å²) in [7, 11) is -3.76. The molecule has 6 nitrogen and oxygen atoms in total. The zero-order valence-corrected chi connectivity index (χ0v) is 21.7. The quantitative estimate of drug-likeness (QED) is 0.539. The van der Waals surface area contributed by atoms with Gasteiger partial charge in [0.25, 0.3) is 0 Å². The zero-order valence-electron chi connectivity index (χ0n) is 20.1. The van der Waals surface area contributed by atoms with Gasteiger partial charge in [0, 0.05) is 55.9 Å². The average Bonchev–Trinajstić information content (AvgIpc) is 2.84. The summed E-state index contributed by atoms with van der Waals surface area (Å²) >= 11 is 5.32. The Bertz CT molecular complexity index is 1120. The normalized spacial score (nSPS) is 24.5. The van der Waals surface area contributed by atoms with Gasteiger partial charge in [-0.3, -0.25) is 0 Å². The van der Waals surface area contributed by atoms with Crippen LogP contribution in [0.5, 0.6) is 0 Å². The van der Waals surface area contributed by atoms with Gasteiger partial charge in [-0.2, -0.15) is 17.5 Å². The van der Waals surface area contributed by atoms with Gasteiger partial charge in [0.1, 0.15) is 0 Å². The number of hydrogen-bond acceptors (Lipinski definition) is 6. The predicted molar refractivity (Wildman–Crippen MR) is 136 cm³/mol. The Labute approximate surface area is 215 Å². The fourth-order valence-corrected chi connectivity index (χ4v) is 7.06. The molecule has 2 atom stereocenters. The van der Waals surface area contributed by atoms with E-state index >= 15 is 0 Å². The number of halogens is 3. The summed E-state index contributed by atoms with van der Waals surface area (Å²) in [5, 5.41) is 10.0. The Morgan fingerprint density at radius 1 is 1.14 bits per heavy atom. The van der Waals surface area contributed by atoms with Crippen LogP contribution in [0.1, 0.15) is 38.2 Å². The van der Waals surface area contributed by atoms with Gasteiger partial charge >= 0.3 is 6.18 Å². The third kappa shape index (κ3) is 5.55. The SMILES string of the molecule is C[C@@](O)(c1ccc(N2CCN(S(=O)(=O)C3=CC=CCC3=S)C[C@H]2CC2CCOCC2)cc1)C(F)(F)F. The number of sulfonamides is 1. The highest BCUT2D eigenvalue weighted by atomic mass is 32.2. The van der Waals surface area contributed by atoms with Crippen LogP contribution in [0.25, 0.3) is 0 Å². The van der Waals surface area contributed by atoms with Crippen molar-refractivity contribution in [2.75, 3.05) is 37.7 Å². The van der Waals surface area contributed by atoms with E-state index in [4.69, 9.17) is 17.0 Å². The average molecular weight is 545 g/mol. The van der Waals surface area contributed by atoms with E-state index in [1.165, 1.54) is 16.4 Å². The van der Waals surface area contributed by atoms with E-state index in [1.54, 1.807) is 24.3 Å². The molecule has 0 saturated carbocycles. The van der Waals surface area contributed by atoms with Gasteiger partial charge < -0.3 is 14.7 Å². The van der Waals surface area contributed by atoms with Crippen molar-refractivity contribution in [2.24, 2.45) is 5.92 Å². The van der Waals surface area contributed by atoms with Crippen molar-refractivity contribution < 1.29 is 31.4 Å². The van der Waals surface area contributed by atoms with Gasteiger partial charge in [-0.05, 0) is 55.9 Å². The third-order valence-electron chi connectivity index (χ3n) is 7.28. The molecule has 11 heteroatoms. The zero-order chi connectivity index (χ0) is 26.1. The summed E-state index contributed by atoms with van der Waals surface area (Å²) < 4.78 is 73.7. The lowest BCUT2D eigenvalue weighted by atomic mass is 9.90. The number of nitrogens with zero attached hydrogens (tertiary/aromatic N) is 2. The van der Waals surface area contributed by atoms with Crippen LogP contribution in [0, 0.1) is 5.92 Å². The maximum absolute atomic E-state index is 13.4. The Morgan fingerprint density at radius 2 is 1.81 bits per heavy atom. The molecule has 2 fully saturated rings. The number of alkyl halides is 3. The smallest absolute Gasteiger partial charge is 0.381 e. The molecule has 0 bridgehead atoms. The van der Waals surface area contributed by atoms with E-state index < -0.39 is 21.8 Å². The van der Waals surface area contributed by atoms with Crippen molar-refractivity contribution in [3.8, 4) is 0 Å². The molecule has 198 valence electrons. The molecule has 4 rings (SSSR count). The number of hydrogen-bond donors (Lipinski definition) is 1. The number of thiocarbonyl (C=S) groups is 1. The van der Waals surface area contributed by atoms with Crippen LogP contribution < -0.4 is 4.90 Å². The van der Waals surface area contributed by atoms with Crippen molar-refractivity contribution in [2.45, 2.75) is 50.4 Å². The maximum atomic E-state index is 13.4. The second-order valence-electron chi connectivity index (χ2n) is 9.70. The second-order valence-corrected chi connectivity index (χ2v) is 12.1. The van der Waals surface area contributed by atoms with Crippen LogP contribution in [0.3, 0.4) is 0 Å².